The Balaban J connectivity index is 2.67. The molecular weight excluding hydrogens is 186 g/mol. The number of hydrogen-bond acceptors (Lipinski definition) is 4. The summed E-state index contributed by atoms with van der Waals surface area (Å²) in [6, 6.07) is 0. The molecule has 1 aromatic heterocycles. The van der Waals surface area contributed by atoms with Gasteiger partial charge in [0.25, 0.3) is 0 Å². The van der Waals surface area contributed by atoms with E-state index in [0.29, 0.717) is 6.61 Å². The predicted octanol–water partition coefficient (Wildman–Crippen LogP) is 2.12. The maximum atomic E-state index is 11.3. The van der Waals surface area contributed by atoms with Crippen LogP contribution in [0.15, 0.2) is 6.20 Å². The van der Waals surface area contributed by atoms with Crippen molar-refractivity contribution in [2.45, 2.75) is 26.7 Å². The number of rotatable bonds is 3. The minimum atomic E-state index is -0.189. The van der Waals surface area contributed by atoms with Gasteiger partial charge in [0, 0.05) is 11.1 Å². The molecule has 0 N–H and O–H groups in total. The molecule has 4 heteroatoms. The highest BCUT2D eigenvalue weighted by molar-refractivity contribution is 7.11. The highest BCUT2D eigenvalue weighted by Crippen LogP contribution is 2.22. The highest BCUT2D eigenvalue weighted by Gasteiger charge is 2.18. The van der Waals surface area contributed by atoms with Crippen LogP contribution < -0.4 is 0 Å². The minimum absolute atomic E-state index is 0.175. The number of hydrogen-bond donors (Lipinski definition) is 0. The highest BCUT2D eigenvalue weighted by atomic mass is 32.1. The summed E-state index contributed by atoms with van der Waals surface area (Å²) >= 11 is 1.54. The summed E-state index contributed by atoms with van der Waals surface area (Å²) in [5.41, 5.74) is 0. The van der Waals surface area contributed by atoms with E-state index in [1.54, 1.807) is 6.20 Å². The summed E-state index contributed by atoms with van der Waals surface area (Å²) in [6.45, 7) is 6.00. The third-order valence-corrected chi connectivity index (χ3v) is 2.80. The lowest BCUT2D eigenvalue weighted by molar-refractivity contribution is -0.144. The van der Waals surface area contributed by atoms with E-state index < -0.39 is 0 Å². The largest absolute Gasteiger partial charge is 0.466 e. The number of esters is 1. The molecule has 1 aromatic rings. The van der Waals surface area contributed by atoms with Crippen molar-refractivity contribution in [3.05, 3.63) is 16.1 Å². The first-order chi connectivity index (χ1) is 6.15. The number of aromatic nitrogens is 1. The van der Waals surface area contributed by atoms with Crippen LogP contribution in [0.3, 0.4) is 0 Å². The number of thiazole rings is 1. The van der Waals surface area contributed by atoms with Gasteiger partial charge in [0.15, 0.2) is 0 Å². The summed E-state index contributed by atoms with van der Waals surface area (Å²) in [5, 5.41) is 0.978. The zero-order valence-corrected chi connectivity index (χ0v) is 8.85. The van der Waals surface area contributed by atoms with Crippen molar-refractivity contribution in [2.24, 2.45) is 0 Å². The molecule has 13 heavy (non-hydrogen) atoms. The standard InChI is InChI=1S/C9H13NO2S/c1-4-12-9(11)6(2)8-5-10-7(3)13-8/h5-6H,4H2,1-3H3. The molecule has 0 saturated carbocycles. The molecule has 0 bridgehead atoms. The van der Waals surface area contributed by atoms with E-state index in [9.17, 15) is 4.79 Å². The summed E-state index contributed by atoms with van der Waals surface area (Å²) in [4.78, 5) is 16.4. The van der Waals surface area contributed by atoms with E-state index in [0.717, 1.165) is 9.88 Å². The fourth-order valence-corrected chi connectivity index (χ4v) is 1.79. The summed E-state index contributed by atoms with van der Waals surface area (Å²) in [5.74, 6) is -0.364. The third kappa shape index (κ3) is 2.52. The number of ether oxygens (including phenoxy) is 1. The smallest absolute Gasteiger partial charge is 0.314 e. The molecule has 72 valence electrons. The maximum absolute atomic E-state index is 11.3. The zero-order chi connectivity index (χ0) is 9.84. The lowest BCUT2D eigenvalue weighted by atomic mass is 10.1. The van der Waals surface area contributed by atoms with Crippen LogP contribution in [0, 0.1) is 6.92 Å². The molecule has 0 aliphatic carbocycles. The number of aryl methyl sites for hydroxylation is 1. The van der Waals surface area contributed by atoms with Gasteiger partial charge in [-0.2, -0.15) is 0 Å². The van der Waals surface area contributed by atoms with E-state index in [-0.39, 0.29) is 11.9 Å². The molecule has 0 spiro atoms. The molecule has 1 atom stereocenters. The van der Waals surface area contributed by atoms with Gasteiger partial charge in [0.1, 0.15) is 0 Å². The van der Waals surface area contributed by atoms with E-state index in [1.807, 2.05) is 20.8 Å². The van der Waals surface area contributed by atoms with Crippen molar-refractivity contribution in [3.63, 3.8) is 0 Å². The molecule has 0 aliphatic rings. The summed E-state index contributed by atoms with van der Waals surface area (Å²) in [6.07, 6.45) is 1.74. The quantitative estimate of drug-likeness (QED) is 0.700. The van der Waals surface area contributed by atoms with Gasteiger partial charge in [-0.25, -0.2) is 4.98 Å². The van der Waals surface area contributed by atoms with E-state index in [4.69, 9.17) is 4.74 Å². The lowest BCUT2D eigenvalue weighted by Crippen LogP contribution is -2.11. The minimum Gasteiger partial charge on any atom is -0.466 e. The van der Waals surface area contributed by atoms with Gasteiger partial charge >= 0.3 is 5.97 Å². The molecule has 1 rings (SSSR count). The van der Waals surface area contributed by atoms with Gasteiger partial charge in [0.05, 0.1) is 17.5 Å². The van der Waals surface area contributed by atoms with Crippen LogP contribution in [0.5, 0.6) is 0 Å². The van der Waals surface area contributed by atoms with Crippen molar-refractivity contribution >= 4 is 17.3 Å². The van der Waals surface area contributed by atoms with Crippen molar-refractivity contribution in [2.75, 3.05) is 6.61 Å². The molecule has 0 amide bonds. The number of carbonyl (C=O) groups is 1. The van der Waals surface area contributed by atoms with Crippen LogP contribution >= 0.6 is 11.3 Å². The molecule has 1 heterocycles. The second-order valence-electron chi connectivity index (χ2n) is 2.76. The Morgan fingerprint density at radius 1 is 1.77 bits per heavy atom. The van der Waals surface area contributed by atoms with Crippen LogP contribution in [0.2, 0.25) is 0 Å². The third-order valence-electron chi connectivity index (χ3n) is 1.71. The average Bonchev–Trinajstić information content (AvgIpc) is 2.51. The van der Waals surface area contributed by atoms with E-state index in [2.05, 4.69) is 4.98 Å². The van der Waals surface area contributed by atoms with Gasteiger partial charge in [-0.15, -0.1) is 11.3 Å². The summed E-state index contributed by atoms with van der Waals surface area (Å²) < 4.78 is 4.91. The van der Waals surface area contributed by atoms with Gasteiger partial charge in [-0.05, 0) is 20.8 Å². The van der Waals surface area contributed by atoms with Crippen LogP contribution in [0.4, 0.5) is 0 Å². The molecule has 0 fully saturated rings. The molecule has 3 nitrogen and oxygen atoms in total. The van der Waals surface area contributed by atoms with Crippen molar-refractivity contribution in [1.29, 1.82) is 0 Å². The van der Waals surface area contributed by atoms with Crippen molar-refractivity contribution in [3.8, 4) is 0 Å². The molecule has 0 radical (unpaired) electrons. The zero-order valence-electron chi connectivity index (χ0n) is 8.03. The van der Waals surface area contributed by atoms with Gasteiger partial charge in [-0.3, -0.25) is 4.79 Å². The van der Waals surface area contributed by atoms with Gasteiger partial charge < -0.3 is 4.74 Å². The maximum Gasteiger partial charge on any atom is 0.314 e. The second-order valence-corrected chi connectivity index (χ2v) is 4.02. The van der Waals surface area contributed by atoms with E-state index >= 15 is 0 Å². The molecule has 1 unspecified atom stereocenters. The fraction of sp³-hybridized carbons (Fsp3) is 0.556. The Hall–Kier alpha value is -0.900. The number of nitrogens with zero attached hydrogens (tertiary/aromatic N) is 1. The predicted molar refractivity (Wildman–Crippen MR) is 51.9 cm³/mol. The SMILES string of the molecule is CCOC(=O)C(C)c1cnc(C)s1. The normalized spacial score (nSPS) is 12.5. The first-order valence-electron chi connectivity index (χ1n) is 4.24. The Bertz CT molecular complexity index is 296. The Morgan fingerprint density at radius 3 is 2.92 bits per heavy atom. The Morgan fingerprint density at radius 2 is 2.46 bits per heavy atom. The lowest BCUT2D eigenvalue weighted by Gasteiger charge is -2.06. The van der Waals surface area contributed by atoms with Crippen molar-refractivity contribution in [1.82, 2.24) is 4.98 Å². The van der Waals surface area contributed by atoms with Gasteiger partial charge in [-0.1, -0.05) is 0 Å². The molecule has 0 saturated heterocycles. The van der Waals surface area contributed by atoms with E-state index in [1.165, 1.54) is 11.3 Å². The monoisotopic (exact) mass is 199 g/mol. The first-order valence-corrected chi connectivity index (χ1v) is 5.05. The van der Waals surface area contributed by atoms with Crippen LogP contribution in [-0.4, -0.2) is 17.6 Å². The number of carbonyl (C=O) groups excluding carboxylic acids is 1. The molecule has 0 aromatic carbocycles. The fourth-order valence-electron chi connectivity index (χ4n) is 0.961. The van der Waals surface area contributed by atoms with Crippen LogP contribution in [-0.2, 0) is 9.53 Å². The second kappa shape index (κ2) is 4.37. The van der Waals surface area contributed by atoms with Gasteiger partial charge in [0.2, 0.25) is 0 Å². The Labute approximate surface area is 81.8 Å². The first kappa shape index (κ1) is 10.2. The topological polar surface area (TPSA) is 39.2 Å². The van der Waals surface area contributed by atoms with Crippen LogP contribution in [0.25, 0.3) is 0 Å². The van der Waals surface area contributed by atoms with Crippen molar-refractivity contribution < 1.29 is 9.53 Å². The molecule has 0 aliphatic heterocycles. The Kier molecular flexibility index (Phi) is 3.42. The molecular formula is C9H13NO2S. The summed E-state index contributed by atoms with van der Waals surface area (Å²) in [7, 11) is 0. The average molecular weight is 199 g/mol. The van der Waals surface area contributed by atoms with Crippen LogP contribution in [0.1, 0.15) is 29.7 Å².